The van der Waals surface area contributed by atoms with Crippen molar-refractivity contribution in [3.05, 3.63) is 34.2 Å². The number of hydrogen-bond acceptors (Lipinski definition) is 3. The number of aromatic hydroxyl groups is 1. The van der Waals surface area contributed by atoms with Gasteiger partial charge < -0.3 is 10.2 Å². The zero-order valence-electron chi connectivity index (χ0n) is 9.16. The standard InChI is InChI=1S/C11H8ClFN2O3/c1-4-2-5(9(13)10(16)8(4)12)6-3-7(11(17)18)15-14-6/h2-3,16H,1H3,(H,14,15)(H,17,18). The van der Waals surface area contributed by atoms with Crippen LogP contribution in [-0.4, -0.2) is 26.4 Å². The van der Waals surface area contributed by atoms with E-state index in [4.69, 9.17) is 16.7 Å². The van der Waals surface area contributed by atoms with Gasteiger partial charge in [0.25, 0.3) is 0 Å². The Morgan fingerprint density at radius 1 is 1.50 bits per heavy atom. The number of aromatic nitrogens is 2. The lowest BCUT2D eigenvalue weighted by molar-refractivity contribution is 0.0690. The summed E-state index contributed by atoms with van der Waals surface area (Å²) < 4.78 is 13.8. The van der Waals surface area contributed by atoms with E-state index in [2.05, 4.69) is 10.2 Å². The van der Waals surface area contributed by atoms with E-state index in [1.807, 2.05) is 0 Å². The molecular formula is C11H8ClFN2O3. The molecule has 18 heavy (non-hydrogen) atoms. The molecule has 0 atom stereocenters. The van der Waals surface area contributed by atoms with Gasteiger partial charge in [0.1, 0.15) is 5.69 Å². The summed E-state index contributed by atoms with van der Waals surface area (Å²) in [6.45, 7) is 1.59. The summed E-state index contributed by atoms with van der Waals surface area (Å²) in [5.41, 5.74) is 0.361. The molecule has 0 radical (unpaired) electrons. The van der Waals surface area contributed by atoms with Crippen LogP contribution in [0, 0.1) is 12.7 Å². The summed E-state index contributed by atoms with van der Waals surface area (Å²) in [5, 5.41) is 24.1. The second-order valence-corrected chi connectivity index (χ2v) is 4.07. The largest absolute Gasteiger partial charge is 0.504 e. The summed E-state index contributed by atoms with van der Waals surface area (Å²) in [6.07, 6.45) is 0. The van der Waals surface area contributed by atoms with Crippen LogP contribution < -0.4 is 0 Å². The molecule has 5 nitrogen and oxygen atoms in total. The maximum absolute atomic E-state index is 13.8. The lowest BCUT2D eigenvalue weighted by atomic mass is 10.1. The van der Waals surface area contributed by atoms with E-state index in [1.165, 1.54) is 12.1 Å². The van der Waals surface area contributed by atoms with Crippen LogP contribution in [0.3, 0.4) is 0 Å². The number of aromatic amines is 1. The summed E-state index contributed by atoms with van der Waals surface area (Å²) in [7, 11) is 0. The number of hydrogen-bond donors (Lipinski definition) is 3. The highest BCUT2D eigenvalue weighted by Gasteiger charge is 2.18. The van der Waals surface area contributed by atoms with Crippen LogP contribution >= 0.6 is 11.6 Å². The first kappa shape index (κ1) is 12.4. The van der Waals surface area contributed by atoms with Crippen LogP contribution in [0.15, 0.2) is 12.1 Å². The monoisotopic (exact) mass is 270 g/mol. The zero-order chi connectivity index (χ0) is 13.4. The molecule has 0 aliphatic heterocycles. The maximum Gasteiger partial charge on any atom is 0.353 e. The molecule has 0 aliphatic rings. The Hall–Kier alpha value is -2.08. The van der Waals surface area contributed by atoms with E-state index < -0.39 is 17.5 Å². The van der Waals surface area contributed by atoms with Gasteiger partial charge in [-0.05, 0) is 24.6 Å². The number of phenolic OH excluding ortho intramolecular Hbond substituents is 1. The first-order valence-electron chi connectivity index (χ1n) is 4.88. The number of H-pyrrole nitrogens is 1. The molecule has 0 unspecified atom stereocenters. The predicted octanol–water partition coefficient (Wildman–Crippen LogP) is 2.58. The highest BCUT2D eigenvalue weighted by Crippen LogP contribution is 2.36. The number of benzene rings is 1. The van der Waals surface area contributed by atoms with Crippen LogP contribution in [0.1, 0.15) is 16.1 Å². The average molecular weight is 271 g/mol. The highest BCUT2D eigenvalue weighted by atomic mass is 35.5. The van der Waals surface area contributed by atoms with Crippen molar-refractivity contribution < 1.29 is 19.4 Å². The molecule has 7 heteroatoms. The van der Waals surface area contributed by atoms with Crippen molar-refractivity contribution >= 4 is 17.6 Å². The average Bonchev–Trinajstić information content (AvgIpc) is 2.80. The first-order chi connectivity index (χ1) is 8.41. The third kappa shape index (κ3) is 1.91. The summed E-state index contributed by atoms with van der Waals surface area (Å²) in [6, 6.07) is 2.56. The Balaban J connectivity index is 2.60. The van der Waals surface area contributed by atoms with Crippen molar-refractivity contribution in [1.82, 2.24) is 10.2 Å². The van der Waals surface area contributed by atoms with Crippen molar-refractivity contribution in [3.8, 4) is 17.0 Å². The highest BCUT2D eigenvalue weighted by molar-refractivity contribution is 6.32. The van der Waals surface area contributed by atoms with Gasteiger partial charge in [-0.2, -0.15) is 5.10 Å². The fourth-order valence-corrected chi connectivity index (χ4v) is 1.65. The van der Waals surface area contributed by atoms with Gasteiger partial charge in [-0.15, -0.1) is 0 Å². The Bertz CT molecular complexity index is 639. The number of rotatable bonds is 2. The van der Waals surface area contributed by atoms with E-state index in [-0.39, 0.29) is 22.0 Å². The van der Waals surface area contributed by atoms with Crippen LogP contribution in [-0.2, 0) is 0 Å². The maximum atomic E-state index is 13.8. The van der Waals surface area contributed by atoms with Gasteiger partial charge in [-0.25, -0.2) is 9.18 Å². The number of phenols is 1. The number of carboxylic acids is 1. The molecule has 0 fully saturated rings. The van der Waals surface area contributed by atoms with E-state index >= 15 is 0 Å². The Morgan fingerprint density at radius 2 is 2.17 bits per heavy atom. The van der Waals surface area contributed by atoms with Gasteiger partial charge in [0.05, 0.1) is 10.7 Å². The third-order valence-corrected chi connectivity index (χ3v) is 2.92. The van der Waals surface area contributed by atoms with Gasteiger partial charge in [0.2, 0.25) is 0 Å². The van der Waals surface area contributed by atoms with Gasteiger partial charge in [-0.3, -0.25) is 5.10 Å². The second-order valence-electron chi connectivity index (χ2n) is 3.69. The minimum absolute atomic E-state index is 0.0156. The SMILES string of the molecule is Cc1cc(-c2cc(C(=O)O)[nH]n2)c(F)c(O)c1Cl. The fraction of sp³-hybridized carbons (Fsp3) is 0.0909. The number of aryl methyl sites for hydroxylation is 1. The first-order valence-corrected chi connectivity index (χ1v) is 5.26. The molecule has 1 heterocycles. The van der Waals surface area contributed by atoms with E-state index in [0.29, 0.717) is 5.56 Å². The smallest absolute Gasteiger partial charge is 0.353 e. The van der Waals surface area contributed by atoms with E-state index in [0.717, 1.165) is 0 Å². The molecule has 94 valence electrons. The molecule has 0 saturated heterocycles. The summed E-state index contributed by atoms with van der Waals surface area (Å²) in [5.74, 6) is -2.82. The van der Waals surface area contributed by atoms with Gasteiger partial charge in [-0.1, -0.05) is 11.6 Å². The summed E-state index contributed by atoms with van der Waals surface area (Å²) >= 11 is 5.69. The predicted molar refractivity (Wildman–Crippen MR) is 62.4 cm³/mol. The molecule has 2 rings (SSSR count). The third-order valence-electron chi connectivity index (χ3n) is 2.44. The molecule has 2 aromatic rings. The molecule has 0 bridgehead atoms. The number of nitrogens with one attached hydrogen (secondary N) is 1. The Morgan fingerprint density at radius 3 is 2.72 bits per heavy atom. The number of carbonyl (C=O) groups is 1. The quantitative estimate of drug-likeness (QED) is 0.783. The van der Waals surface area contributed by atoms with Crippen molar-refractivity contribution in [3.63, 3.8) is 0 Å². The summed E-state index contributed by atoms with van der Waals surface area (Å²) in [4.78, 5) is 10.7. The van der Waals surface area contributed by atoms with Gasteiger partial charge in [0, 0.05) is 5.56 Å². The Kier molecular flexibility index (Phi) is 2.96. The fourth-order valence-electron chi connectivity index (χ4n) is 1.51. The van der Waals surface area contributed by atoms with E-state index in [9.17, 15) is 14.3 Å². The minimum atomic E-state index is -1.20. The van der Waals surface area contributed by atoms with Crippen LogP contribution in [0.5, 0.6) is 5.75 Å². The molecule has 0 saturated carbocycles. The van der Waals surface area contributed by atoms with Crippen molar-refractivity contribution in [2.24, 2.45) is 0 Å². The Labute approximate surface area is 106 Å². The van der Waals surface area contributed by atoms with Crippen LogP contribution in [0.4, 0.5) is 4.39 Å². The van der Waals surface area contributed by atoms with Crippen molar-refractivity contribution in [2.45, 2.75) is 6.92 Å². The molecule has 3 N–H and O–H groups in total. The molecule has 0 amide bonds. The molecule has 0 aliphatic carbocycles. The second kappa shape index (κ2) is 4.30. The molecular weight excluding hydrogens is 263 g/mol. The number of nitrogens with zero attached hydrogens (tertiary/aromatic N) is 1. The molecule has 1 aromatic heterocycles. The molecule has 0 spiro atoms. The van der Waals surface area contributed by atoms with Gasteiger partial charge in [0.15, 0.2) is 11.6 Å². The van der Waals surface area contributed by atoms with Crippen LogP contribution in [0.2, 0.25) is 5.02 Å². The van der Waals surface area contributed by atoms with Gasteiger partial charge >= 0.3 is 5.97 Å². The van der Waals surface area contributed by atoms with Crippen molar-refractivity contribution in [2.75, 3.05) is 0 Å². The lowest BCUT2D eigenvalue weighted by Gasteiger charge is -2.06. The topological polar surface area (TPSA) is 86.2 Å². The lowest BCUT2D eigenvalue weighted by Crippen LogP contribution is -1.95. The minimum Gasteiger partial charge on any atom is -0.504 e. The number of carboxylic acid groups (broad SMARTS) is 1. The number of halogens is 2. The number of aromatic carboxylic acids is 1. The normalized spacial score (nSPS) is 10.6. The molecule has 1 aromatic carbocycles. The van der Waals surface area contributed by atoms with Crippen LogP contribution in [0.25, 0.3) is 11.3 Å². The van der Waals surface area contributed by atoms with Crippen molar-refractivity contribution in [1.29, 1.82) is 0 Å². The zero-order valence-corrected chi connectivity index (χ0v) is 9.92. The van der Waals surface area contributed by atoms with E-state index in [1.54, 1.807) is 6.92 Å².